The van der Waals surface area contributed by atoms with Gasteiger partial charge in [-0.2, -0.15) is 0 Å². The van der Waals surface area contributed by atoms with Crippen LogP contribution in [0.1, 0.15) is 34.1 Å². The van der Waals surface area contributed by atoms with Crippen LogP contribution in [0, 0.1) is 11.8 Å². The zero-order valence-electron chi connectivity index (χ0n) is 10.5. The molecule has 1 rings (SSSR count). The smallest absolute Gasteiger partial charge is 0.308 e. The van der Waals surface area contributed by atoms with E-state index in [1.165, 1.54) is 0 Å². The number of rotatable bonds is 4. The van der Waals surface area contributed by atoms with Gasteiger partial charge in [0.2, 0.25) is 0 Å². The monoisotopic (exact) mass is 230 g/mol. The van der Waals surface area contributed by atoms with Gasteiger partial charge in [-0.1, -0.05) is 20.8 Å². The molecule has 0 radical (unpaired) electrons. The summed E-state index contributed by atoms with van der Waals surface area (Å²) in [6.07, 6.45) is -0.212. The van der Waals surface area contributed by atoms with E-state index in [9.17, 15) is 9.90 Å². The van der Waals surface area contributed by atoms with Crippen LogP contribution in [-0.4, -0.2) is 36.0 Å². The molecule has 1 unspecified atom stereocenters. The molecule has 0 spiro atoms. The normalized spacial score (nSPS) is 31.8. The molecule has 0 saturated carbocycles. The molecule has 1 saturated heterocycles. The molecule has 4 atom stereocenters. The van der Waals surface area contributed by atoms with Gasteiger partial charge in [0, 0.05) is 6.42 Å². The van der Waals surface area contributed by atoms with Crippen molar-refractivity contribution in [3.63, 3.8) is 0 Å². The van der Waals surface area contributed by atoms with Crippen molar-refractivity contribution in [1.82, 2.24) is 0 Å². The van der Waals surface area contributed by atoms with Crippen molar-refractivity contribution in [3.05, 3.63) is 0 Å². The number of carbonyl (C=O) groups excluding carboxylic acids is 1. The number of carbonyl (C=O) groups is 1. The van der Waals surface area contributed by atoms with Crippen molar-refractivity contribution in [3.8, 4) is 0 Å². The molecule has 1 heterocycles. The maximum absolute atomic E-state index is 11.6. The summed E-state index contributed by atoms with van der Waals surface area (Å²) in [5.41, 5.74) is 0. The molecule has 1 fully saturated rings. The zero-order valence-corrected chi connectivity index (χ0v) is 10.5. The molecule has 94 valence electrons. The van der Waals surface area contributed by atoms with Gasteiger partial charge in [-0.3, -0.25) is 4.79 Å². The number of aliphatic hydroxyl groups is 1. The first-order valence-corrected chi connectivity index (χ1v) is 5.92. The topological polar surface area (TPSA) is 55.8 Å². The fraction of sp³-hybridized carbons (Fsp3) is 0.917. The van der Waals surface area contributed by atoms with Crippen LogP contribution in [0.25, 0.3) is 0 Å². The maximum atomic E-state index is 11.6. The summed E-state index contributed by atoms with van der Waals surface area (Å²) in [6.45, 7) is 7.91. The van der Waals surface area contributed by atoms with Crippen LogP contribution in [0.4, 0.5) is 0 Å². The zero-order chi connectivity index (χ0) is 12.3. The third kappa shape index (κ3) is 3.46. The van der Waals surface area contributed by atoms with Gasteiger partial charge in [-0.05, 0) is 12.8 Å². The van der Waals surface area contributed by atoms with Gasteiger partial charge in [0.25, 0.3) is 0 Å². The lowest BCUT2D eigenvalue weighted by Gasteiger charge is -2.16. The Morgan fingerprint density at radius 2 is 2.12 bits per heavy atom. The van der Waals surface area contributed by atoms with Gasteiger partial charge in [-0.15, -0.1) is 0 Å². The molecule has 4 heteroatoms. The summed E-state index contributed by atoms with van der Waals surface area (Å²) in [7, 11) is 0. The van der Waals surface area contributed by atoms with E-state index >= 15 is 0 Å². The molecule has 0 aromatic carbocycles. The van der Waals surface area contributed by atoms with Gasteiger partial charge in [-0.25, -0.2) is 0 Å². The minimum Gasteiger partial charge on any atom is -0.463 e. The second-order valence-corrected chi connectivity index (χ2v) is 4.93. The minimum atomic E-state index is -0.439. The summed E-state index contributed by atoms with van der Waals surface area (Å²) in [5.74, 6) is -0.00194. The predicted molar refractivity (Wildman–Crippen MR) is 59.9 cm³/mol. The Morgan fingerprint density at radius 1 is 1.50 bits per heavy atom. The quantitative estimate of drug-likeness (QED) is 0.741. The van der Waals surface area contributed by atoms with Crippen LogP contribution in [0.3, 0.4) is 0 Å². The van der Waals surface area contributed by atoms with Crippen LogP contribution in [0.5, 0.6) is 0 Å². The van der Waals surface area contributed by atoms with Gasteiger partial charge in [0.1, 0.15) is 6.61 Å². The fourth-order valence-corrected chi connectivity index (χ4v) is 1.60. The van der Waals surface area contributed by atoms with Gasteiger partial charge in [0.05, 0.1) is 24.2 Å². The van der Waals surface area contributed by atoms with Crippen molar-refractivity contribution >= 4 is 5.97 Å². The van der Waals surface area contributed by atoms with Crippen molar-refractivity contribution in [1.29, 1.82) is 0 Å². The first kappa shape index (κ1) is 13.5. The Labute approximate surface area is 96.9 Å². The summed E-state index contributed by atoms with van der Waals surface area (Å²) in [6, 6.07) is 0. The van der Waals surface area contributed by atoms with Crippen LogP contribution >= 0.6 is 0 Å². The molecule has 1 N–H and O–H groups in total. The molecule has 0 aromatic rings. The van der Waals surface area contributed by atoms with Crippen LogP contribution in [0.15, 0.2) is 0 Å². The predicted octanol–water partition coefficient (Wildman–Crippen LogP) is 1.36. The molecule has 16 heavy (non-hydrogen) atoms. The Kier molecular flexibility index (Phi) is 4.74. The minimum absolute atomic E-state index is 0.0938. The number of hydrogen-bond acceptors (Lipinski definition) is 4. The number of aliphatic hydroxyl groups excluding tert-OH is 1. The van der Waals surface area contributed by atoms with Crippen molar-refractivity contribution in [2.45, 2.75) is 52.4 Å². The Morgan fingerprint density at radius 3 is 2.56 bits per heavy atom. The van der Waals surface area contributed by atoms with Gasteiger partial charge >= 0.3 is 5.97 Å². The third-order valence-corrected chi connectivity index (χ3v) is 3.24. The lowest BCUT2D eigenvalue weighted by Crippen LogP contribution is -2.24. The van der Waals surface area contributed by atoms with E-state index < -0.39 is 6.10 Å². The maximum Gasteiger partial charge on any atom is 0.308 e. The molecule has 0 aromatic heterocycles. The van der Waals surface area contributed by atoms with E-state index in [1.54, 1.807) is 0 Å². The van der Waals surface area contributed by atoms with E-state index in [0.717, 1.165) is 0 Å². The number of hydrogen-bond donors (Lipinski definition) is 1. The Bertz CT molecular complexity index is 229. The molecular formula is C12H22O4. The Hall–Kier alpha value is -0.610. The standard InChI is InChI=1S/C12H22O4/c1-7(2)8(3)12(14)15-6-10-5-11(13)9(4)16-10/h7-11,13H,5-6H2,1-4H3/t8?,9-,10-,11+/m0/s1. The highest BCUT2D eigenvalue weighted by Crippen LogP contribution is 2.21. The average molecular weight is 230 g/mol. The first-order valence-electron chi connectivity index (χ1n) is 5.92. The second-order valence-electron chi connectivity index (χ2n) is 4.93. The van der Waals surface area contributed by atoms with Crippen LogP contribution < -0.4 is 0 Å². The summed E-state index contributed by atoms with van der Waals surface area (Å²) >= 11 is 0. The average Bonchev–Trinajstić information content (AvgIpc) is 2.53. The van der Waals surface area contributed by atoms with Crippen LogP contribution in [0.2, 0.25) is 0 Å². The van der Waals surface area contributed by atoms with Crippen LogP contribution in [-0.2, 0) is 14.3 Å². The molecule has 1 aliphatic heterocycles. The van der Waals surface area contributed by atoms with Crippen molar-refractivity contribution in [2.75, 3.05) is 6.61 Å². The van der Waals surface area contributed by atoms with E-state index in [1.807, 2.05) is 27.7 Å². The van der Waals surface area contributed by atoms with Gasteiger partial charge in [0.15, 0.2) is 0 Å². The Balaban J connectivity index is 2.28. The highest BCUT2D eigenvalue weighted by Gasteiger charge is 2.31. The summed E-state index contributed by atoms with van der Waals surface area (Å²) in [4.78, 5) is 11.6. The lowest BCUT2D eigenvalue weighted by molar-refractivity contribution is -0.153. The number of ether oxygens (including phenoxy) is 2. The van der Waals surface area contributed by atoms with Crippen molar-refractivity contribution in [2.24, 2.45) is 11.8 Å². The largest absolute Gasteiger partial charge is 0.463 e. The molecule has 4 nitrogen and oxygen atoms in total. The van der Waals surface area contributed by atoms with E-state index in [-0.39, 0.29) is 36.6 Å². The molecule has 0 aliphatic carbocycles. The third-order valence-electron chi connectivity index (χ3n) is 3.24. The first-order chi connectivity index (χ1) is 7.41. The molecular weight excluding hydrogens is 208 g/mol. The second kappa shape index (κ2) is 5.64. The SMILES string of the molecule is CC(C)C(C)C(=O)OC[C@@H]1C[C@@H](O)[C@H](C)O1. The van der Waals surface area contributed by atoms with Crippen molar-refractivity contribution < 1.29 is 19.4 Å². The summed E-state index contributed by atoms with van der Waals surface area (Å²) in [5, 5.41) is 9.47. The van der Waals surface area contributed by atoms with E-state index in [4.69, 9.17) is 9.47 Å². The lowest BCUT2D eigenvalue weighted by atomic mass is 9.99. The van der Waals surface area contributed by atoms with E-state index in [0.29, 0.717) is 6.42 Å². The number of esters is 1. The summed E-state index contributed by atoms with van der Waals surface area (Å²) < 4.78 is 10.6. The van der Waals surface area contributed by atoms with E-state index in [2.05, 4.69) is 0 Å². The highest BCUT2D eigenvalue weighted by atomic mass is 16.6. The molecule has 0 bridgehead atoms. The fourth-order valence-electron chi connectivity index (χ4n) is 1.60. The molecule has 1 aliphatic rings. The molecule has 0 amide bonds. The highest BCUT2D eigenvalue weighted by molar-refractivity contribution is 5.72. The van der Waals surface area contributed by atoms with Gasteiger partial charge < -0.3 is 14.6 Å².